The number of ether oxygens (including phenoxy) is 5. The van der Waals surface area contributed by atoms with E-state index in [1.54, 1.807) is 19.2 Å². The van der Waals surface area contributed by atoms with Gasteiger partial charge in [-0.05, 0) is 160 Å². The lowest BCUT2D eigenvalue weighted by Gasteiger charge is -2.38. The molecule has 0 radical (unpaired) electrons. The number of hydrogen-bond acceptors (Lipinski definition) is 11. The molecule has 4 fully saturated rings. The lowest BCUT2D eigenvalue weighted by molar-refractivity contribution is -0.152. The molecule has 0 aromatic heterocycles. The number of aliphatic hydroxyl groups is 1. The van der Waals surface area contributed by atoms with Crippen LogP contribution in [0.3, 0.4) is 0 Å². The Morgan fingerprint density at radius 2 is 0.984 bits per heavy atom. The van der Waals surface area contributed by atoms with Crippen LogP contribution >= 0.6 is 0 Å². The standard InChI is InChI=1S/C26H35NO4.C16H17NO3.C10H20O2.CH4/c1-26(2,30-4)22-8-11-23(12-9-22)31-24-10-7-19-13-18(5-6-20(19)14-24)15-27-16-21(17-27)25(28)29-3;1-20-16(19)14-9-17(10-14)8-11-2-3-13-7-15(18)5-4-12(13)6-11;1-10(2,12-3)8-4-6-9(11)7-5-8;/h5-7,10,13-14,21-23H,8-9,11-12,15-17H2,1-4H3;2-7,14,18H,8-10H2,1H3;8-9,11H,4-7H2,1-3H3;1H4. The molecule has 2 saturated carbocycles. The van der Waals surface area contributed by atoms with Gasteiger partial charge in [0.25, 0.3) is 0 Å². The SMILES string of the molecule is C.COC(=O)C1CN(Cc2ccc3cc(O)ccc3c2)C1.COC(=O)C1CN(Cc2ccc3cc(OC4CCC(C(C)(C)OC)CC4)ccc3c2)C1.COC(C)(C)C1CCC(O)CC1. The molecule has 4 aromatic carbocycles. The number of nitrogens with zero attached hydrogens (tertiary/aromatic N) is 2. The lowest BCUT2D eigenvalue weighted by atomic mass is 9.78. The first-order chi connectivity index (χ1) is 30.1. The van der Waals surface area contributed by atoms with Crippen LogP contribution in [0.2, 0.25) is 0 Å². The van der Waals surface area contributed by atoms with E-state index in [1.807, 2.05) is 19.2 Å². The molecule has 2 aliphatic carbocycles. The van der Waals surface area contributed by atoms with Crippen molar-refractivity contribution in [2.75, 3.05) is 54.6 Å². The number of rotatable bonds is 12. The molecule has 2 saturated heterocycles. The number of phenolic OH excluding ortho intramolecular Hbond substituents is 1. The highest BCUT2D eigenvalue weighted by atomic mass is 16.5. The molecule has 0 atom stereocenters. The summed E-state index contributed by atoms with van der Waals surface area (Å²) in [5.74, 6) is 2.30. The van der Waals surface area contributed by atoms with Crippen LogP contribution in [0.5, 0.6) is 11.5 Å². The Bertz CT molecular complexity index is 2110. The zero-order chi connectivity index (χ0) is 45.3. The highest BCUT2D eigenvalue weighted by molar-refractivity contribution is 5.85. The molecule has 352 valence electrons. The summed E-state index contributed by atoms with van der Waals surface area (Å²) in [6.07, 6.45) is 8.77. The number of carbonyl (C=O) groups excluding carboxylic acids is 2. The van der Waals surface area contributed by atoms with Gasteiger partial charge in [0.1, 0.15) is 11.5 Å². The molecule has 11 heteroatoms. The number of hydrogen-bond donors (Lipinski definition) is 2. The third-order valence-corrected chi connectivity index (χ3v) is 14.3. The van der Waals surface area contributed by atoms with E-state index in [2.05, 4.69) is 86.0 Å². The number of aromatic hydroxyl groups is 1. The molecular formula is C53H76N2O9. The second-order valence-corrected chi connectivity index (χ2v) is 19.2. The Kier molecular flexibility index (Phi) is 18.1. The Morgan fingerprint density at radius 3 is 1.44 bits per heavy atom. The van der Waals surface area contributed by atoms with E-state index in [1.165, 1.54) is 36.1 Å². The fraction of sp³-hybridized carbons (Fsp3) is 0.585. The topological polar surface area (TPSA) is 127 Å². The number of likely N-dealkylation sites (tertiary alicyclic amines) is 2. The summed E-state index contributed by atoms with van der Waals surface area (Å²) in [5.41, 5.74) is 2.41. The highest BCUT2D eigenvalue weighted by Gasteiger charge is 2.36. The third kappa shape index (κ3) is 13.4. The first kappa shape index (κ1) is 50.7. The predicted octanol–water partition coefficient (Wildman–Crippen LogP) is 9.56. The van der Waals surface area contributed by atoms with Crippen molar-refractivity contribution in [3.05, 3.63) is 83.9 Å². The quantitative estimate of drug-likeness (QED) is 0.132. The van der Waals surface area contributed by atoms with Crippen molar-refractivity contribution in [3.63, 3.8) is 0 Å². The highest BCUT2D eigenvalue weighted by Crippen LogP contribution is 2.37. The number of esters is 2. The molecule has 4 aliphatic rings. The van der Waals surface area contributed by atoms with E-state index in [9.17, 15) is 19.8 Å². The summed E-state index contributed by atoms with van der Waals surface area (Å²) in [5, 5.41) is 23.3. The van der Waals surface area contributed by atoms with Crippen molar-refractivity contribution in [3.8, 4) is 11.5 Å². The maximum atomic E-state index is 11.5. The van der Waals surface area contributed by atoms with E-state index >= 15 is 0 Å². The Balaban J connectivity index is 0.000000200. The van der Waals surface area contributed by atoms with Gasteiger partial charge in [-0.3, -0.25) is 19.4 Å². The first-order valence-corrected chi connectivity index (χ1v) is 22.9. The normalized spacial score (nSPS) is 22.1. The third-order valence-electron chi connectivity index (χ3n) is 14.3. The second-order valence-electron chi connectivity index (χ2n) is 19.2. The van der Waals surface area contributed by atoms with Gasteiger partial charge in [-0.2, -0.15) is 0 Å². The van der Waals surface area contributed by atoms with Crippen LogP contribution in [0, 0.1) is 23.7 Å². The Hall–Kier alpha value is -4.26. The predicted molar refractivity (Wildman–Crippen MR) is 254 cm³/mol. The number of benzene rings is 4. The summed E-state index contributed by atoms with van der Waals surface area (Å²) >= 11 is 0. The number of carbonyl (C=O) groups is 2. The van der Waals surface area contributed by atoms with Gasteiger partial charge < -0.3 is 33.9 Å². The molecule has 2 N–H and O–H groups in total. The van der Waals surface area contributed by atoms with E-state index in [4.69, 9.17) is 23.7 Å². The van der Waals surface area contributed by atoms with Crippen LogP contribution in [0.15, 0.2) is 72.8 Å². The number of aliphatic hydroxyl groups excluding tert-OH is 1. The average molecular weight is 885 g/mol. The average Bonchev–Trinajstić information content (AvgIpc) is 3.26. The molecule has 0 amide bonds. The van der Waals surface area contributed by atoms with Gasteiger partial charge in [0.2, 0.25) is 0 Å². The zero-order valence-corrected chi connectivity index (χ0v) is 38.9. The summed E-state index contributed by atoms with van der Waals surface area (Å²) < 4.78 is 27.0. The van der Waals surface area contributed by atoms with Gasteiger partial charge in [0.05, 0.1) is 49.5 Å². The number of fused-ring (bicyclic) bond motifs is 2. The van der Waals surface area contributed by atoms with Gasteiger partial charge in [-0.15, -0.1) is 0 Å². The van der Waals surface area contributed by atoms with Crippen molar-refractivity contribution in [1.82, 2.24) is 9.80 Å². The van der Waals surface area contributed by atoms with Crippen molar-refractivity contribution < 1.29 is 43.5 Å². The Morgan fingerprint density at radius 1 is 0.578 bits per heavy atom. The minimum absolute atomic E-state index is 0. The van der Waals surface area contributed by atoms with E-state index in [-0.39, 0.29) is 60.4 Å². The molecule has 11 nitrogen and oxygen atoms in total. The maximum absolute atomic E-state index is 11.5. The van der Waals surface area contributed by atoms with E-state index in [0.717, 1.165) is 107 Å². The number of methoxy groups -OCH3 is 4. The van der Waals surface area contributed by atoms with Gasteiger partial charge in [0, 0.05) is 53.5 Å². The van der Waals surface area contributed by atoms with E-state index in [0.29, 0.717) is 11.8 Å². The zero-order valence-electron chi connectivity index (χ0n) is 38.9. The molecule has 64 heavy (non-hydrogen) atoms. The second kappa shape index (κ2) is 22.8. The smallest absolute Gasteiger partial charge is 0.311 e. The summed E-state index contributed by atoms with van der Waals surface area (Å²) in [7, 11) is 6.47. The van der Waals surface area contributed by atoms with Crippen LogP contribution in [-0.2, 0) is 41.6 Å². The molecular weight excluding hydrogens is 809 g/mol. The molecule has 0 unspecified atom stereocenters. The first-order valence-electron chi connectivity index (χ1n) is 22.9. The monoisotopic (exact) mass is 885 g/mol. The summed E-state index contributed by atoms with van der Waals surface area (Å²) in [6, 6.07) is 24.6. The largest absolute Gasteiger partial charge is 0.508 e. The minimum atomic E-state index is -0.116. The molecule has 2 heterocycles. The maximum Gasteiger partial charge on any atom is 0.311 e. The van der Waals surface area contributed by atoms with Crippen LogP contribution in [0.4, 0.5) is 0 Å². The lowest BCUT2D eigenvalue weighted by Crippen LogP contribution is -2.49. The molecule has 8 rings (SSSR count). The fourth-order valence-electron chi connectivity index (χ4n) is 9.54. The van der Waals surface area contributed by atoms with E-state index < -0.39 is 0 Å². The number of phenols is 1. The van der Waals surface area contributed by atoms with Crippen molar-refractivity contribution in [2.45, 2.75) is 123 Å². The van der Waals surface area contributed by atoms with Crippen molar-refractivity contribution in [2.24, 2.45) is 23.7 Å². The molecule has 4 aromatic rings. The Labute approximate surface area is 382 Å². The molecule has 0 spiro atoms. The van der Waals surface area contributed by atoms with Crippen LogP contribution in [-0.4, -0.2) is 110 Å². The fourth-order valence-corrected chi connectivity index (χ4v) is 9.54. The molecule has 0 bridgehead atoms. The van der Waals surface area contributed by atoms with Gasteiger partial charge in [0.15, 0.2) is 0 Å². The van der Waals surface area contributed by atoms with Crippen LogP contribution < -0.4 is 4.74 Å². The summed E-state index contributed by atoms with van der Waals surface area (Å²) in [6.45, 7) is 13.4. The summed E-state index contributed by atoms with van der Waals surface area (Å²) in [4.78, 5) is 27.4. The van der Waals surface area contributed by atoms with Crippen LogP contribution in [0.25, 0.3) is 21.5 Å². The van der Waals surface area contributed by atoms with Gasteiger partial charge in [-0.25, -0.2) is 0 Å². The molecule has 2 aliphatic heterocycles. The van der Waals surface area contributed by atoms with Gasteiger partial charge >= 0.3 is 11.9 Å². The van der Waals surface area contributed by atoms with Crippen molar-refractivity contribution in [1.29, 1.82) is 0 Å². The minimum Gasteiger partial charge on any atom is -0.508 e. The van der Waals surface area contributed by atoms with Crippen LogP contribution in [0.1, 0.15) is 97.6 Å². The van der Waals surface area contributed by atoms with Gasteiger partial charge in [-0.1, -0.05) is 43.8 Å². The van der Waals surface area contributed by atoms with Crippen molar-refractivity contribution >= 4 is 33.5 Å².